The quantitative estimate of drug-likeness (QED) is 0.561. The highest BCUT2D eigenvalue weighted by atomic mass is 19.3. The van der Waals surface area contributed by atoms with Crippen LogP contribution in [0.2, 0.25) is 0 Å². The van der Waals surface area contributed by atoms with Crippen molar-refractivity contribution in [1.82, 2.24) is 9.55 Å². The van der Waals surface area contributed by atoms with Gasteiger partial charge in [-0.1, -0.05) is 0 Å². The molecule has 0 amide bonds. The number of Topliss-reactive ketones (excluding diaryl/α,β-unsaturated/α-hetero) is 2. The molecule has 0 unspecified atom stereocenters. The van der Waals surface area contributed by atoms with Gasteiger partial charge >= 0.3 is 5.92 Å². The van der Waals surface area contributed by atoms with E-state index in [1.165, 1.54) is 17.1 Å². The van der Waals surface area contributed by atoms with Gasteiger partial charge in [-0.2, -0.15) is 8.78 Å². The number of carbonyl (C=O) groups is 2. The monoisotopic (exact) mass is 216 g/mol. The van der Waals surface area contributed by atoms with E-state index in [0.29, 0.717) is 6.92 Å². The highest BCUT2D eigenvalue weighted by Gasteiger charge is 2.33. The number of alkyl halides is 2. The number of carbonyl (C=O) groups excluding carboxylic acids is 2. The molecule has 0 aliphatic carbocycles. The molecule has 0 bridgehead atoms. The second-order valence-electron chi connectivity index (χ2n) is 3.34. The van der Waals surface area contributed by atoms with Crippen molar-refractivity contribution in [3.8, 4) is 0 Å². The van der Waals surface area contributed by atoms with Gasteiger partial charge in [-0.25, -0.2) is 4.98 Å². The third-order valence-electron chi connectivity index (χ3n) is 1.80. The SMILES string of the molecule is Cn1cnc(C(=O)CC(=O)C(C)(F)F)c1. The van der Waals surface area contributed by atoms with Crippen LogP contribution >= 0.6 is 0 Å². The fourth-order valence-corrected chi connectivity index (χ4v) is 0.948. The van der Waals surface area contributed by atoms with Crippen molar-refractivity contribution < 1.29 is 18.4 Å². The average Bonchev–Trinajstić information content (AvgIpc) is 2.50. The number of ketones is 2. The van der Waals surface area contributed by atoms with Crippen LogP contribution in [0.5, 0.6) is 0 Å². The Morgan fingerprint density at radius 2 is 2.13 bits per heavy atom. The van der Waals surface area contributed by atoms with Crippen molar-refractivity contribution >= 4 is 11.6 Å². The van der Waals surface area contributed by atoms with E-state index in [1.807, 2.05) is 0 Å². The van der Waals surface area contributed by atoms with E-state index < -0.39 is 23.9 Å². The Balaban J connectivity index is 2.69. The van der Waals surface area contributed by atoms with Gasteiger partial charge in [0.2, 0.25) is 5.78 Å². The van der Waals surface area contributed by atoms with Gasteiger partial charge < -0.3 is 4.57 Å². The molecule has 0 saturated heterocycles. The van der Waals surface area contributed by atoms with Gasteiger partial charge in [-0.05, 0) is 0 Å². The zero-order chi connectivity index (χ0) is 11.6. The van der Waals surface area contributed by atoms with E-state index in [4.69, 9.17) is 0 Å². The molecule has 1 heterocycles. The smallest absolute Gasteiger partial charge is 0.303 e. The second-order valence-corrected chi connectivity index (χ2v) is 3.34. The minimum absolute atomic E-state index is 0.0232. The summed E-state index contributed by atoms with van der Waals surface area (Å²) in [7, 11) is 1.64. The van der Waals surface area contributed by atoms with E-state index in [-0.39, 0.29) is 5.69 Å². The van der Waals surface area contributed by atoms with E-state index in [1.54, 1.807) is 7.05 Å². The van der Waals surface area contributed by atoms with Gasteiger partial charge in [-0.15, -0.1) is 0 Å². The summed E-state index contributed by atoms with van der Waals surface area (Å²) in [5.74, 6) is -5.55. The first-order valence-electron chi connectivity index (χ1n) is 4.23. The number of hydrogen-bond acceptors (Lipinski definition) is 3. The van der Waals surface area contributed by atoms with Crippen LogP contribution in [0.4, 0.5) is 8.78 Å². The molecule has 1 aromatic rings. The third kappa shape index (κ3) is 2.93. The molecule has 15 heavy (non-hydrogen) atoms. The second kappa shape index (κ2) is 3.88. The van der Waals surface area contributed by atoms with E-state index in [0.717, 1.165) is 0 Å². The first-order valence-corrected chi connectivity index (χ1v) is 4.23. The summed E-state index contributed by atoms with van der Waals surface area (Å²) in [6.45, 7) is 0.473. The van der Waals surface area contributed by atoms with Gasteiger partial charge in [0.15, 0.2) is 5.78 Å². The Morgan fingerprint density at radius 1 is 1.53 bits per heavy atom. The fraction of sp³-hybridized carbons (Fsp3) is 0.444. The Labute approximate surface area is 84.9 Å². The van der Waals surface area contributed by atoms with Crippen LogP contribution in [0.3, 0.4) is 0 Å². The summed E-state index contributed by atoms with van der Waals surface area (Å²) in [6.07, 6.45) is 1.92. The molecule has 4 nitrogen and oxygen atoms in total. The number of hydrogen-bond donors (Lipinski definition) is 0. The molecule has 0 fully saturated rings. The van der Waals surface area contributed by atoms with Crippen LogP contribution in [0.15, 0.2) is 12.5 Å². The molecule has 0 saturated carbocycles. The maximum Gasteiger partial charge on any atom is 0.303 e. The Kier molecular flexibility index (Phi) is 2.97. The van der Waals surface area contributed by atoms with E-state index in [9.17, 15) is 18.4 Å². The molecule has 6 heteroatoms. The van der Waals surface area contributed by atoms with Gasteiger partial charge in [0.1, 0.15) is 5.69 Å². The lowest BCUT2D eigenvalue weighted by molar-refractivity contribution is -0.139. The molecule has 0 aromatic carbocycles. The predicted molar refractivity (Wildman–Crippen MR) is 47.8 cm³/mol. The van der Waals surface area contributed by atoms with Crippen molar-refractivity contribution in [2.75, 3.05) is 0 Å². The summed E-state index contributed by atoms with van der Waals surface area (Å²) in [5.41, 5.74) is 0.0232. The van der Waals surface area contributed by atoms with Crippen LogP contribution in [0, 0.1) is 0 Å². The minimum Gasteiger partial charge on any atom is -0.340 e. The lowest BCUT2D eigenvalue weighted by Crippen LogP contribution is -2.26. The summed E-state index contributed by atoms with van der Waals surface area (Å²) in [5, 5.41) is 0. The van der Waals surface area contributed by atoms with Crippen LogP contribution in [0.1, 0.15) is 23.8 Å². The summed E-state index contributed by atoms with van der Waals surface area (Å²) in [6, 6.07) is 0. The first kappa shape index (κ1) is 11.5. The van der Waals surface area contributed by atoms with Gasteiger partial charge in [-0.3, -0.25) is 9.59 Å². The number of aryl methyl sites for hydroxylation is 1. The van der Waals surface area contributed by atoms with Crippen molar-refractivity contribution in [3.05, 3.63) is 18.2 Å². The lowest BCUT2D eigenvalue weighted by atomic mass is 10.1. The Bertz CT molecular complexity index is 393. The van der Waals surface area contributed by atoms with Crippen LogP contribution in [-0.2, 0) is 11.8 Å². The zero-order valence-electron chi connectivity index (χ0n) is 8.33. The number of halogens is 2. The van der Waals surface area contributed by atoms with Gasteiger partial charge in [0, 0.05) is 20.2 Å². The number of imidazole rings is 1. The highest BCUT2D eigenvalue weighted by Crippen LogP contribution is 2.16. The molecule has 0 radical (unpaired) electrons. The third-order valence-corrected chi connectivity index (χ3v) is 1.80. The predicted octanol–water partition coefficient (Wildman–Crippen LogP) is 1.22. The normalized spacial score (nSPS) is 11.5. The fourth-order valence-electron chi connectivity index (χ4n) is 0.948. The van der Waals surface area contributed by atoms with Crippen molar-refractivity contribution in [2.24, 2.45) is 7.05 Å². The number of aromatic nitrogens is 2. The summed E-state index contributed by atoms with van der Waals surface area (Å²) < 4.78 is 26.4. The molecular formula is C9H10F2N2O2. The molecule has 1 rings (SSSR count). The molecule has 0 aliphatic rings. The van der Waals surface area contributed by atoms with Gasteiger partial charge in [0.25, 0.3) is 0 Å². The summed E-state index contributed by atoms with van der Waals surface area (Å²) in [4.78, 5) is 25.8. The minimum atomic E-state index is -3.47. The van der Waals surface area contributed by atoms with Crippen LogP contribution in [0.25, 0.3) is 0 Å². The molecular weight excluding hydrogens is 206 g/mol. The highest BCUT2D eigenvalue weighted by molar-refractivity contribution is 6.08. The Morgan fingerprint density at radius 3 is 2.53 bits per heavy atom. The van der Waals surface area contributed by atoms with E-state index in [2.05, 4.69) is 4.98 Å². The van der Waals surface area contributed by atoms with E-state index >= 15 is 0 Å². The molecule has 1 aromatic heterocycles. The number of rotatable bonds is 4. The maximum absolute atomic E-state index is 12.5. The topological polar surface area (TPSA) is 52.0 Å². The van der Waals surface area contributed by atoms with Crippen LogP contribution in [-0.4, -0.2) is 27.0 Å². The lowest BCUT2D eigenvalue weighted by Gasteiger charge is -2.06. The first-order chi connectivity index (χ1) is 6.80. The zero-order valence-corrected chi connectivity index (χ0v) is 8.33. The van der Waals surface area contributed by atoms with Crippen molar-refractivity contribution in [3.63, 3.8) is 0 Å². The van der Waals surface area contributed by atoms with Gasteiger partial charge in [0.05, 0.1) is 12.7 Å². The van der Waals surface area contributed by atoms with Crippen molar-refractivity contribution in [2.45, 2.75) is 19.3 Å². The maximum atomic E-state index is 12.5. The standard InChI is InChI=1S/C9H10F2N2O2/c1-9(10,11)8(15)3-7(14)6-4-13(2)5-12-6/h4-5H,3H2,1-2H3. The molecule has 0 aliphatic heterocycles. The molecule has 82 valence electrons. The van der Waals surface area contributed by atoms with Crippen molar-refractivity contribution in [1.29, 1.82) is 0 Å². The average molecular weight is 216 g/mol. The molecule has 0 spiro atoms. The largest absolute Gasteiger partial charge is 0.340 e. The van der Waals surface area contributed by atoms with Crippen LogP contribution < -0.4 is 0 Å². The number of nitrogens with zero attached hydrogens (tertiary/aromatic N) is 2. The Hall–Kier alpha value is -1.59. The molecule has 0 atom stereocenters. The summed E-state index contributed by atoms with van der Waals surface area (Å²) >= 11 is 0. The molecule has 0 N–H and O–H groups in total.